The molecule has 0 fully saturated rings. The van der Waals surface area contributed by atoms with Crippen LogP contribution >= 0.6 is 15.9 Å². The molecule has 0 rings (SSSR count). The van der Waals surface area contributed by atoms with E-state index in [1.807, 2.05) is 0 Å². The lowest BCUT2D eigenvalue weighted by atomic mass is 10.2. The van der Waals surface area contributed by atoms with E-state index in [9.17, 15) is 0 Å². The van der Waals surface area contributed by atoms with Gasteiger partial charge in [-0.1, -0.05) is 60.0 Å². The molecule has 0 aromatic carbocycles. The van der Waals surface area contributed by atoms with Crippen molar-refractivity contribution in [2.24, 2.45) is 0 Å². The molecule has 0 saturated carbocycles. The second-order valence-electron chi connectivity index (χ2n) is 3.15. The van der Waals surface area contributed by atoms with E-state index in [0.29, 0.717) is 0 Å². The Morgan fingerprint density at radius 2 is 1.62 bits per heavy atom. The maximum atomic E-state index is 3.39. The smallest absolute Gasteiger partial charge is 0.00659 e. The fourth-order valence-corrected chi connectivity index (χ4v) is 1.35. The van der Waals surface area contributed by atoms with E-state index in [0.717, 1.165) is 18.2 Å². The van der Waals surface area contributed by atoms with Gasteiger partial charge < -0.3 is 0 Å². The molecular formula is C12H21Br. The first-order valence-corrected chi connectivity index (χ1v) is 6.40. The molecule has 1 heteroatoms. The summed E-state index contributed by atoms with van der Waals surface area (Å²) in [7, 11) is 0. The first kappa shape index (κ1) is 13.0. The zero-order chi connectivity index (χ0) is 9.78. The van der Waals surface area contributed by atoms with Crippen LogP contribution in [-0.4, -0.2) is 5.33 Å². The van der Waals surface area contributed by atoms with Gasteiger partial charge in [-0.2, -0.15) is 0 Å². The Bertz CT molecular complexity index is 136. The van der Waals surface area contributed by atoms with Crippen molar-refractivity contribution < 1.29 is 0 Å². The maximum Gasteiger partial charge on any atom is 0.00659 e. The van der Waals surface area contributed by atoms with Crippen LogP contribution in [0.15, 0.2) is 24.3 Å². The first-order chi connectivity index (χ1) is 6.41. The molecule has 0 aliphatic heterocycles. The molecule has 13 heavy (non-hydrogen) atoms. The van der Waals surface area contributed by atoms with Gasteiger partial charge in [-0.3, -0.25) is 0 Å². The van der Waals surface area contributed by atoms with Gasteiger partial charge in [0.05, 0.1) is 0 Å². The summed E-state index contributed by atoms with van der Waals surface area (Å²) in [4.78, 5) is 0. The van der Waals surface area contributed by atoms with Crippen molar-refractivity contribution in [2.45, 2.75) is 45.4 Å². The Labute approximate surface area is 91.2 Å². The number of rotatable bonds is 8. The maximum absolute atomic E-state index is 3.39. The Balaban J connectivity index is 3.11. The molecule has 0 nitrogen and oxygen atoms in total. The Morgan fingerprint density at radius 3 is 2.23 bits per heavy atom. The zero-order valence-electron chi connectivity index (χ0n) is 8.64. The van der Waals surface area contributed by atoms with Crippen LogP contribution in [0.1, 0.15) is 45.4 Å². The van der Waals surface area contributed by atoms with Crippen molar-refractivity contribution in [3.8, 4) is 0 Å². The van der Waals surface area contributed by atoms with Crippen LogP contribution in [0.3, 0.4) is 0 Å². The number of allylic oxidation sites excluding steroid dienone is 4. The molecule has 0 aliphatic rings. The predicted molar refractivity (Wildman–Crippen MR) is 65.5 cm³/mol. The molecule has 0 spiro atoms. The molecule has 0 amide bonds. The summed E-state index contributed by atoms with van der Waals surface area (Å²) >= 11 is 3.39. The zero-order valence-corrected chi connectivity index (χ0v) is 10.2. The van der Waals surface area contributed by atoms with Gasteiger partial charge in [0, 0.05) is 5.33 Å². The van der Waals surface area contributed by atoms with E-state index in [2.05, 4.69) is 47.2 Å². The summed E-state index contributed by atoms with van der Waals surface area (Å²) in [6.45, 7) is 2.24. The van der Waals surface area contributed by atoms with Crippen molar-refractivity contribution in [2.75, 3.05) is 5.33 Å². The molecule has 0 heterocycles. The molecule has 0 saturated heterocycles. The predicted octanol–water partition coefficient (Wildman–Crippen LogP) is 4.85. The number of unbranched alkanes of at least 4 members (excludes halogenated alkanes) is 3. The van der Waals surface area contributed by atoms with Crippen LogP contribution < -0.4 is 0 Å². The number of alkyl halides is 1. The normalized spacial score (nSPS) is 11.8. The summed E-state index contributed by atoms with van der Waals surface area (Å²) in [6, 6.07) is 0. The molecule has 0 atom stereocenters. The van der Waals surface area contributed by atoms with Crippen molar-refractivity contribution in [3.63, 3.8) is 0 Å². The third-order valence-electron chi connectivity index (χ3n) is 1.86. The standard InChI is InChI=1S/C12H21Br/c1-2-3-4-5-6-7-8-9-10-11-12-13/h6-7,9-10H,2-5,8,11-12H2,1H3. The second-order valence-corrected chi connectivity index (χ2v) is 3.94. The van der Waals surface area contributed by atoms with E-state index in [1.54, 1.807) is 0 Å². The van der Waals surface area contributed by atoms with Gasteiger partial charge in [-0.15, -0.1) is 0 Å². The monoisotopic (exact) mass is 244 g/mol. The van der Waals surface area contributed by atoms with Gasteiger partial charge in [0.1, 0.15) is 0 Å². The molecule has 0 N–H and O–H groups in total. The topological polar surface area (TPSA) is 0 Å². The van der Waals surface area contributed by atoms with E-state index < -0.39 is 0 Å². The van der Waals surface area contributed by atoms with Crippen LogP contribution in [-0.2, 0) is 0 Å². The van der Waals surface area contributed by atoms with Gasteiger partial charge >= 0.3 is 0 Å². The highest BCUT2D eigenvalue weighted by Crippen LogP contribution is 2.00. The lowest BCUT2D eigenvalue weighted by Crippen LogP contribution is -1.70. The average Bonchev–Trinajstić information content (AvgIpc) is 2.16. The summed E-state index contributed by atoms with van der Waals surface area (Å²) in [5, 5.41) is 1.07. The van der Waals surface area contributed by atoms with Gasteiger partial charge in [0.2, 0.25) is 0 Å². The fraction of sp³-hybridized carbons (Fsp3) is 0.667. The van der Waals surface area contributed by atoms with Crippen molar-refractivity contribution >= 4 is 15.9 Å². The molecule has 0 aromatic heterocycles. The third-order valence-corrected chi connectivity index (χ3v) is 2.31. The largest absolute Gasteiger partial charge is 0.0925 e. The summed E-state index contributed by atoms with van der Waals surface area (Å²) < 4.78 is 0. The highest BCUT2D eigenvalue weighted by molar-refractivity contribution is 9.09. The average molecular weight is 245 g/mol. The minimum Gasteiger partial charge on any atom is -0.0925 e. The molecule has 0 aromatic rings. The van der Waals surface area contributed by atoms with E-state index in [-0.39, 0.29) is 0 Å². The summed E-state index contributed by atoms with van der Waals surface area (Å²) in [6.07, 6.45) is 16.5. The highest BCUT2D eigenvalue weighted by Gasteiger charge is 1.80. The molecule has 0 unspecified atom stereocenters. The Hall–Kier alpha value is -0.0400. The van der Waals surface area contributed by atoms with Crippen LogP contribution in [0.2, 0.25) is 0 Å². The SMILES string of the molecule is CCCCCC=CCC=CCCBr. The van der Waals surface area contributed by atoms with E-state index >= 15 is 0 Å². The first-order valence-electron chi connectivity index (χ1n) is 5.27. The summed E-state index contributed by atoms with van der Waals surface area (Å²) in [5.41, 5.74) is 0. The minimum absolute atomic E-state index is 1.07. The van der Waals surface area contributed by atoms with E-state index in [4.69, 9.17) is 0 Å². The van der Waals surface area contributed by atoms with Crippen molar-refractivity contribution in [3.05, 3.63) is 24.3 Å². The molecule has 0 radical (unpaired) electrons. The lowest BCUT2D eigenvalue weighted by molar-refractivity contribution is 0.728. The van der Waals surface area contributed by atoms with Crippen molar-refractivity contribution in [1.29, 1.82) is 0 Å². The van der Waals surface area contributed by atoms with Crippen LogP contribution in [0.5, 0.6) is 0 Å². The van der Waals surface area contributed by atoms with Gasteiger partial charge in [-0.25, -0.2) is 0 Å². The third kappa shape index (κ3) is 12.0. The summed E-state index contributed by atoms with van der Waals surface area (Å²) in [5.74, 6) is 0. The van der Waals surface area contributed by atoms with Gasteiger partial charge in [-0.05, 0) is 25.7 Å². The lowest BCUT2D eigenvalue weighted by Gasteiger charge is -1.90. The Morgan fingerprint density at radius 1 is 0.923 bits per heavy atom. The van der Waals surface area contributed by atoms with Gasteiger partial charge in [0.15, 0.2) is 0 Å². The van der Waals surface area contributed by atoms with Crippen molar-refractivity contribution in [1.82, 2.24) is 0 Å². The molecule has 0 aliphatic carbocycles. The number of hydrogen-bond donors (Lipinski definition) is 0. The number of halogens is 1. The minimum atomic E-state index is 1.07. The van der Waals surface area contributed by atoms with Gasteiger partial charge in [0.25, 0.3) is 0 Å². The molecule has 76 valence electrons. The van der Waals surface area contributed by atoms with Crippen LogP contribution in [0.25, 0.3) is 0 Å². The van der Waals surface area contributed by atoms with Crippen LogP contribution in [0, 0.1) is 0 Å². The van der Waals surface area contributed by atoms with E-state index in [1.165, 1.54) is 25.7 Å². The fourth-order valence-electron chi connectivity index (χ4n) is 1.08. The Kier molecular flexibility index (Phi) is 11.9. The number of hydrogen-bond acceptors (Lipinski definition) is 0. The second kappa shape index (κ2) is 12.0. The highest BCUT2D eigenvalue weighted by atomic mass is 79.9. The quantitative estimate of drug-likeness (QED) is 0.325. The molecule has 0 bridgehead atoms. The van der Waals surface area contributed by atoms with Crippen LogP contribution in [0.4, 0.5) is 0 Å². The molecular weight excluding hydrogens is 224 g/mol.